The first-order valence-electron chi connectivity index (χ1n) is 5.77. The van der Waals surface area contributed by atoms with Gasteiger partial charge in [0.05, 0.1) is 0 Å². The molecule has 0 aromatic heterocycles. The van der Waals surface area contributed by atoms with E-state index in [9.17, 15) is 0 Å². The highest BCUT2D eigenvalue weighted by Gasteiger charge is 2.27. The van der Waals surface area contributed by atoms with Gasteiger partial charge in [-0.15, -0.1) is 0 Å². The number of hydrogen-bond donors (Lipinski definition) is 0. The first-order valence-corrected chi connectivity index (χ1v) is 5.77. The molecule has 1 aliphatic rings. The average Bonchev–Trinajstić information content (AvgIpc) is 2.02. The lowest BCUT2D eigenvalue weighted by molar-refractivity contribution is 0.352. The smallest absolute Gasteiger partial charge is 0.0142 e. The summed E-state index contributed by atoms with van der Waals surface area (Å²) >= 11 is 0. The molecule has 13 heavy (non-hydrogen) atoms. The quantitative estimate of drug-likeness (QED) is 0.552. The van der Waals surface area contributed by atoms with Gasteiger partial charge in [-0.25, -0.2) is 0 Å². The van der Waals surface area contributed by atoms with Gasteiger partial charge in [0.15, 0.2) is 0 Å². The normalized spacial score (nSPS) is 22.2. The van der Waals surface area contributed by atoms with Crippen molar-refractivity contribution in [2.75, 3.05) is 0 Å². The fourth-order valence-corrected chi connectivity index (χ4v) is 2.58. The molecular weight excluding hydrogens is 156 g/mol. The Hall–Kier alpha value is -0.260. The van der Waals surface area contributed by atoms with Crippen LogP contribution in [0.4, 0.5) is 0 Å². The van der Waals surface area contributed by atoms with E-state index < -0.39 is 0 Å². The highest BCUT2D eigenvalue weighted by atomic mass is 14.3. The predicted octanol–water partition coefficient (Wildman–Crippen LogP) is 4.70. The maximum Gasteiger partial charge on any atom is -0.0142 e. The standard InChI is InChI=1S/C13H24/c1-5-6-9-12-11(2)8-7-10-13(12,3)4/h5-10H2,1-4H3. The Kier molecular flexibility index (Phi) is 3.58. The van der Waals surface area contributed by atoms with Crippen LogP contribution in [0, 0.1) is 5.41 Å². The number of hydrogen-bond acceptors (Lipinski definition) is 0. The highest BCUT2D eigenvalue weighted by Crippen LogP contribution is 2.42. The summed E-state index contributed by atoms with van der Waals surface area (Å²) in [5.41, 5.74) is 3.95. The van der Waals surface area contributed by atoms with Crippen molar-refractivity contribution >= 4 is 0 Å². The molecule has 0 saturated heterocycles. The van der Waals surface area contributed by atoms with Crippen LogP contribution in [0.3, 0.4) is 0 Å². The minimum absolute atomic E-state index is 0.498. The van der Waals surface area contributed by atoms with Crippen LogP contribution in [-0.2, 0) is 0 Å². The molecule has 0 unspecified atom stereocenters. The van der Waals surface area contributed by atoms with E-state index >= 15 is 0 Å². The largest absolute Gasteiger partial charge is 0.0736 e. The van der Waals surface area contributed by atoms with Crippen molar-refractivity contribution < 1.29 is 0 Å². The topological polar surface area (TPSA) is 0 Å². The van der Waals surface area contributed by atoms with Crippen molar-refractivity contribution in [3.63, 3.8) is 0 Å². The third-order valence-electron chi connectivity index (χ3n) is 3.47. The van der Waals surface area contributed by atoms with Crippen LogP contribution in [0.15, 0.2) is 11.1 Å². The summed E-state index contributed by atoms with van der Waals surface area (Å²) in [6, 6.07) is 0. The van der Waals surface area contributed by atoms with E-state index in [2.05, 4.69) is 27.7 Å². The second-order valence-corrected chi connectivity index (χ2v) is 5.10. The van der Waals surface area contributed by atoms with Crippen LogP contribution in [-0.4, -0.2) is 0 Å². The zero-order chi connectivity index (χ0) is 9.90. The third-order valence-corrected chi connectivity index (χ3v) is 3.47. The number of allylic oxidation sites excluding steroid dienone is 2. The molecule has 1 rings (SSSR count). The predicted molar refractivity (Wildman–Crippen MR) is 59.9 cm³/mol. The minimum atomic E-state index is 0.498. The molecule has 0 nitrogen and oxygen atoms in total. The Bertz CT molecular complexity index is 196. The molecule has 1 aliphatic carbocycles. The van der Waals surface area contributed by atoms with Gasteiger partial charge in [0.25, 0.3) is 0 Å². The first kappa shape index (κ1) is 10.8. The van der Waals surface area contributed by atoms with Gasteiger partial charge in [0, 0.05) is 0 Å². The van der Waals surface area contributed by atoms with Gasteiger partial charge >= 0.3 is 0 Å². The van der Waals surface area contributed by atoms with Crippen LogP contribution in [0.5, 0.6) is 0 Å². The molecule has 0 bridgehead atoms. The van der Waals surface area contributed by atoms with Gasteiger partial charge in [0.2, 0.25) is 0 Å². The minimum Gasteiger partial charge on any atom is -0.0736 e. The molecule has 0 amide bonds. The lowest BCUT2D eigenvalue weighted by atomic mass is 9.71. The molecule has 0 N–H and O–H groups in total. The molecule has 0 saturated carbocycles. The van der Waals surface area contributed by atoms with Gasteiger partial charge in [-0.3, -0.25) is 0 Å². The van der Waals surface area contributed by atoms with Gasteiger partial charge in [-0.2, -0.15) is 0 Å². The van der Waals surface area contributed by atoms with Crippen LogP contribution in [0.2, 0.25) is 0 Å². The Morgan fingerprint density at radius 1 is 1.31 bits per heavy atom. The Morgan fingerprint density at radius 2 is 2.00 bits per heavy atom. The van der Waals surface area contributed by atoms with Crippen molar-refractivity contribution in [1.82, 2.24) is 0 Å². The molecule has 0 aromatic rings. The maximum absolute atomic E-state index is 2.42. The van der Waals surface area contributed by atoms with E-state index in [-0.39, 0.29) is 0 Å². The molecule has 0 aromatic carbocycles. The van der Waals surface area contributed by atoms with E-state index in [1.54, 1.807) is 11.1 Å². The summed E-state index contributed by atoms with van der Waals surface area (Å²) < 4.78 is 0. The maximum atomic E-state index is 2.42. The second kappa shape index (κ2) is 4.30. The van der Waals surface area contributed by atoms with Gasteiger partial charge in [-0.1, -0.05) is 38.3 Å². The van der Waals surface area contributed by atoms with Gasteiger partial charge in [0.1, 0.15) is 0 Å². The first-order chi connectivity index (χ1) is 6.08. The number of rotatable bonds is 3. The summed E-state index contributed by atoms with van der Waals surface area (Å²) in [5.74, 6) is 0. The fourth-order valence-electron chi connectivity index (χ4n) is 2.58. The summed E-state index contributed by atoms with van der Waals surface area (Å²) in [7, 11) is 0. The summed E-state index contributed by atoms with van der Waals surface area (Å²) in [6.07, 6.45) is 8.18. The average molecular weight is 180 g/mol. The van der Waals surface area contributed by atoms with E-state index in [4.69, 9.17) is 0 Å². The molecule has 0 heteroatoms. The van der Waals surface area contributed by atoms with Crippen molar-refractivity contribution in [3.05, 3.63) is 11.1 Å². The molecule has 0 aliphatic heterocycles. The monoisotopic (exact) mass is 180 g/mol. The summed E-state index contributed by atoms with van der Waals surface area (Å²) in [5, 5.41) is 0. The third kappa shape index (κ3) is 2.59. The van der Waals surface area contributed by atoms with Crippen molar-refractivity contribution in [2.24, 2.45) is 5.41 Å². The Labute approximate surface area is 83.4 Å². The van der Waals surface area contributed by atoms with Gasteiger partial charge in [-0.05, 0) is 44.4 Å². The Morgan fingerprint density at radius 3 is 2.54 bits per heavy atom. The lowest BCUT2D eigenvalue weighted by Crippen LogP contribution is -2.20. The number of unbranched alkanes of at least 4 members (excludes halogenated alkanes) is 1. The van der Waals surface area contributed by atoms with Crippen LogP contribution >= 0.6 is 0 Å². The van der Waals surface area contributed by atoms with Crippen molar-refractivity contribution in [2.45, 2.75) is 66.2 Å². The van der Waals surface area contributed by atoms with Crippen molar-refractivity contribution in [1.29, 1.82) is 0 Å². The molecule has 0 radical (unpaired) electrons. The fraction of sp³-hybridized carbons (Fsp3) is 0.846. The van der Waals surface area contributed by atoms with E-state index in [1.165, 1.54) is 38.5 Å². The lowest BCUT2D eigenvalue weighted by Gasteiger charge is -2.34. The summed E-state index contributed by atoms with van der Waals surface area (Å²) in [6.45, 7) is 9.46. The summed E-state index contributed by atoms with van der Waals surface area (Å²) in [4.78, 5) is 0. The molecular formula is C13H24. The van der Waals surface area contributed by atoms with Gasteiger partial charge < -0.3 is 0 Å². The zero-order valence-electron chi connectivity index (χ0n) is 9.74. The van der Waals surface area contributed by atoms with E-state index in [0.29, 0.717) is 5.41 Å². The highest BCUT2D eigenvalue weighted by molar-refractivity contribution is 5.22. The second-order valence-electron chi connectivity index (χ2n) is 5.10. The molecule has 0 spiro atoms. The van der Waals surface area contributed by atoms with Crippen LogP contribution < -0.4 is 0 Å². The Balaban J connectivity index is 2.73. The molecule has 0 heterocycles. The molecule has 76 valence electrons. The SMILES string of the molecule is CCCCC1=C(C)CCCC1(C)C. The van der Waals surface area contributed by atoms with Crippen LogP contribution in [0.25, 0.3) is 0 Å². The molecule has 0 fully saturated rings. The van der Waals surface area contributed by atoms with E-state index in [0.717, 1.165) is 0 Å². The van der Waals surface area contributed by atoms with Crippen molar-refractivity contribution in [3.8, 4) is 0 Å². The van der Waals surface area contributed by atoms with E-state index in [1.807, 2.05) is 0 Å². The van der Waals surface area contributed by atoms with Crippen LogP contribution in [0.1, 0.15) is 66.2 Å². The zero-order valence-corrected chi connectivity index (χ0v) is 9.74. The molecule has 0 atom stereocenters.